The second kappa shape index (κ2) is 10.6. The summed E-state index contributed by atoms with van der Waals surface area (Å²) >= 11 is 1.71. The fourth-order valence-electron chi connectivity index (χ4n) is 2.35. The summed E-state index contributed by atoms with van der Waals surface area (Å²) in [7, 11) is 1.94. The maximum atomic E-state index is 5.39. The highest BCUT2D eigenvalue weighted by atomic mass is 127. The molecule has 0 aliphatic heterocycles. The fourth-order valence-corrected chi connectivity index (χ4v) is 3.00. The fraction of sp³-hybridized carbons (Fsp3) is 0.444. The van der Waals surface area contributed by atoms with Gasteiger partial charge in [-0.25, -0.2) is 4.99 Å². The van der Waals surface area contributed by atoms with E-state index in [1.165, 1.54) is 4.88 Å². The van der Waals surface area contributed by atoms with Crippen LogP contribution in [-0.4, -0.2) is 25.9 Å². The number of hydrogen-bond donors (Lipinski definition) is 2. The highest BCUT2D eigenvalue weighted by molar-refractivity contribution is 14.0. The smallest absolute Gasteiger partial charge is 0.192 e. The van der Waals surface area contributed by atoms with Crippen molar-refractivity contribution in [3.05, 3.63) is 51.6 Å². The number of aryl methyl sites for hydroxylation is 1. The SMILES string of the molecule is Cc1nnc(CN=C(NCc2cc(C(C)C)no2)NCc2cccs2)n1C.I. The van der Waals surface area contributed by atoms with E-state index in [1.54, 1.807) is 11.3 Å². The lowest BCUT2D eigenvalue weighted by Crippen LogP contribution is -2.36. The molecule has 0 radical (unpaired) electrons. The largest absolute Gasteiger partial charge is 0.359 e. The molecule has 0 bridgehead atoms. The van der Waals surface area contributed by atoms with Gasteiger partial charge in [-0.15, -0.1) is 45.5 Å². The van der Waals surface area contributed by atoms with Gasteiger partial charge in [-0.1, -0.05) is 25.1 Å². The number of hydrogen-bond acceptors (Lipinski definition) is 6. The Kier molecular flexibility index (Phi) is 8.42. The highest BCUT2D eigenvalue weighted by Gasteiger charge is 2.09. The van der Waals surface area contributed by atoms with Crippen LogP contribution in [0.15, 0.2) is 33.1 Å². The predicted octanol–water partition coefficient (Wildman–Crippen LogP) is 3.35. The Morgan fingerprint density at radius 3 is 2.68 bits per heavy atom. The first-order chi connectivity index (χ1) is 13.0. The molecule has 0 fully saturated rings. The molecule has 3 rings (SSSR count). The van der Waals surface area contributed by atoms with Gasteiger partial charge >= 0.3 is 0 Å². The van der Waals surface area contributed by atoms with Gasteiger partial charge < -0.3 is 19.7 Å². The number of nitrogens with zero attached hydrogens (tertiary/aromatic N) is 5. The quantitative estimate of drug-likeness (QED) is 0.285. The first-order valence-electron chi connectivity index (χ1n) is 8.88. The third-order valence-corrected chi connectivity index (χ3v) is 5.05. The van der Waals surface area contributed by atoms with E-state index in [-0.39, 0.29) is 24.0 Å². The molecule has 0 saturated carbocycles. The number of guanidine groups is 1. The first-order valence-corrected chi connectivity index (χ1v) is 9.76. The summed E-state index contributed by atoms with van der Waals surface area (Å²) in [4.78, 5) is 5.88. The molecule has 0 aliphatic carbocycles. The molecule has 0 unspecified atom stereocenters. The van der Waals surface area contributed by atoms with E-state index in [9.17, 15) is 0 Å². The average molecular weight is 515 g/mol. The lowest BCUT2D eigenvalue weighted by atomic mass is 10.1. The minimum atomic E-state index is 0. The normalized spacial score (nSPS) is 11.5. The second-order valence-electron chi connectivity index (χ2n) is 6.55. The minimum Gasteiger partial charge on any atom is -0.359 e. The Labute approximate surface area is 185 Å². The van der Waals surface area contributed by atoms with E-state index in [0.29, 0.717) is 31.5 Å². The van der Waals surface area contributed by atoms with Gasteiger partial charge in [0.25, 0.3) is 0 Å². The van der Waals surface area contributed by atoms with Crippen molar-refractivity contribution in [3.63, 3.8) is 0 Å². The van der Waals surface area contributed by atoms with Gasteiger partial charge in [0.15, 0.2) is 17.5 Å². The molecule has 0 spiro atoms. The Balaban J connectivity index is 0.00000280. The maximum Gasteiger partial charge on any atom is 0.192 e. The molecule has 152 valence electrons. The number of aromatic nitrogens is 4. The summed E-state index contributed by atoms with van der Waals surface area (Å²) in [5.74, 6) is 3.48. The molecular weight excluding hydrogens is 489 g/mol. The van der Waals surface area contributed by atoms with E-state index >= 15 is 0 Å². The number of thiophene rings is 1. The molecular formula is C18H26IN7OS. The van der Waals surface area contributed by atoms with Crippen LogP contribution in [0.5, 0.6) is 0 Å². The second-order valence-corrected chi connectivity index (χ2v) is 7.58. The van der Waals surface area contributed by atoms with E-state index < -0.39 is 0 Å². The maximum absolute atomic E-state index is 5.39. The number of rotatable bonds is 7. The van der Waals surface area contributed by atoms with Crippen molar-refractivity contribution in [2.24, 2.45) is 12.0 Å². The number of halogens is 1. The summed E-state index contributed by atoms with van der Waals surface area (Å²) < 4.78 is 7.33. The standard InChI is InChI=1S/C18H25N7OS.HI/c1-12(2)16-8-14(26-24-16)9-19-18(20-10-15-6-5-7-27-15)21-11-17-23-22-13(3)25(17)4;/h5-8,12H,9-11H2,1-4H3,(H2,19,20,21);1H. The van der Waals surface area contributed by atoms with Gasteiger partial charge in [-0.2, -0.15) is 0 Å². The van der Waals surface area contributed by atoms with Crippen LogP contribution >= 0.6 is 35.3 Å². The Morgan fingerprint density at radius 2 is 2.07 bits per heavy atom. The molecule has 0 atom stereocenters. The van der Waals surface area contributed by atoms with Gasteiger partial charge in [-0.3, -0.25) is 0 Å². The molecule has 3 aromatic heterocycles. The molecule has 3 heterocycles. The summed E-state index contributed by atoms with van der Waals surface area (Å²) in [6.45, 7) is 7.75. The predicted molar refractivity (Wildman–Crippen MR) is 121 cm³/mol. The van der Waals surface area contributed by atoms with Crippen LogP contribution in [0.25, 0.3) is 0 Å². The topological polar surface area (TPSA) is 93.2 Å². The Hall–Kier alpha value is -1.95. The van der Waals surface area contributed by atoms with E-state index in [1.807, 2.05) is 30.7 Å². The van der Waals surface area contributed by atoms with Crippen LogP contribution < -0.4 is 10.6 Å². The van der Waals surface area contributed by atoms with E-state index in [4.69, 9.17) is 4.52 Å². The third kappa shape index (κ3) is 6.03. The first kappa shape index (κ1) is 22.3. The summed E-state index contributed by atoms with van der Waals surface area (Å²) in [6, 6.07) is 6.10. The molecule has 2 N–H and O–H groups in total. The molecule has 10 heteroatoms. The van der Waals surface area contributed by atoms with Gasteiger partial charge in [0.05, 0.1) is 18.8 Å². The van der Waals surface area contributed by atoms with Crippen LogP contribution in [0.2, 0.25) is 0 Å². The summed E-state index contributed by atoms with van der Waals surface area (Å²) in [5.41, 5.74) is 0.950. The van der Waals surface area contributed by atoms with Crippen molar-refractivity contribution >= 4 is 41.3 Å². The molecule has 0 amide bonds. The lowest BCUT2D eigenvalue weighted by molar-refractivity contribution is 0.372. The average Bonchev–Trinajstić information content (AvgIpc) is 3.38. The van der Waals surface area contributed by atoms with Crippen LogP contribution in [0, 0.1) is 6.92 Å². The van der Waals surface area contributed by atoms with Crippen LogP contribution in [0.4, 0.5) is 0 Å². The Bertz CT molecular complexity index is 886. The van der Waals surface area contributed by atoms with Gasteiger partial charge in [0.1, 0.15) is 12.4 Å². The van der Waals surface area contributed by atoms with Crippen LogP contribution in [-0.2, 0) is 26.7 Å². The zero-order chi connectivity index (χ0) is 19.2. The van der Waals surface area contributed by atoms with Crippen molar-refractivity contribution in [2.45, 2.75) is 46.3 Å². The van der Waals surface area contributed by atoms with Crippen LogP contribution in [0.1, 0.15) is 47.7 Å². The summed E-state index contributed by atoms with van der Waals surface area (Å²) in [5, 5.41) is 21.0. The van der Waals surface area contributed by atoms with Gasteiger partial charge in [0, 0.05) is 18.0 Å². The number of aliphatic imine (C=N–C) groups is 1. The van der Waals surface area contributed by atoms with Crippen molar-refractivity contribution in [1.82, 2.24) is 30.6 Å². The van der Waals surface area contributed by atoms with Gasteiger partial charge in [0.2, 0.25) is 0 Å². The third-order valence-electron chi connectivity index (χ3n) is 4.17. The molecule has 0 aliphatic rings. The Morgan fingerprint density at radius 1 is 1.29 bits per heavy atom. The molecule has 0 aromatic carbocycles. The minimum absolute atomic E-state index is 0. The molecule has 3 aromatic rings. The van der Waals surface area contributed by atoms with Crippen molar-refractivity contribution in [3.8, 4) is 0 Å². The van der Waals surface area contributed by atoms with E-state index in [0.717, 1.165) is 23.1 Å². The zero-order valence-electron chi connectivity index (χ0n) is 16.5. The van der Waals surface area contributed by atoms with Crippen molar-refractivity contribution < 1.29 is 4.52 Å². The number of nitrogens with one attached hydrogen (secondary N) is 2. The van der Waals surface area contributed by atoms with Crippen LogP contribution in [0.3, 0.4) is 0 Å². The van der Waals surface area contributed by atoms with Gasteiger partial charge in [-0.05, 0) is 24.3 Å². The molecule has 0 saturated heterocycles. The molecule has 8 nitrogen and oxygen atoms in total. The van der Waals surface area contributed by atoms with Crippen molar-refractivity contribution in [2.75, 3.05) is 0 Å². The summed E-state index contributed by atoms with van der Waals surface area (Å²) in [6.07, 6.45) is 0. The monoisotopic (exact) mass is 515 g/mol. The van der Waals surface area contributed by atoms with Crippen molar-refractivity contribution in [1.29, 1.82) is 0 Å². The molecule has 28 heavy (non-hydrogen) atoms. The van der Waals surface area contributed by atoms with E-state index in [2.05, 4.69) is 56.3 Å². The highest BCUT2D eigenvalue weighted by Crippen LogP contribution is 2.13. The zero-order valence-corrected chi connectivity index (χ0v) is 19.6. The lowest BCUT2D eigenvalue weighted by Gasteiger charge is -2.11.